The molecule has 1 N–H and O–H groups in total. The molecule has 1 heterocycles. The number of rotatable bonds is 3. The first-order valence-corrected chi connectivity index (χ1v) is 7.25. The fourth-order valence-corrected chi connectivity index (χ4v) is 3.19. The molecule has 0 aliphatic heterocycles. The molecule has 0 radical (unpaired) electrons. The zero-order valence-electron chi connectivity index (χ0n) is 9.50. The van der Waals surface area contributed by atoms with Gasteiger partial charge in [0.2, 0.25) is 0 Å². The number of hydrogen-bond donors (Lipinski definition) is 1. The van der Waals surface area contributed by atoms with Crippen molar-refractivity contribution in [2.45, 2.75) is 13.0 Å². The van der Waals surface area contributed by atoms with E-state index < -0.39 is 0 Å². The van der Waals surface area contributed by atoms with Crippen LogP contribution in [0.15, 0.2) is 28.1 Å². The fraction of sp³-hybridized carbons (Fsp3) is 0.250. The van der Waals surface area contributed by atoms with Gasteiger partial charge in [-0.05, 0) is 32.2 Å². The van der Waals surface area contributed by atoms with Gasteiger partial charge >= 0.3 is 0 Å². The van der Waals surface area contributed by atoms with Crippen LogP contribution in [0.1, 0.15) is 18.7 Å². The molecule has 0 amide bonds. The average molecular weight is 332 g/mol. The van der Waals surface area contributed by atoms with Crippen LogP contribution in [0.3, 0.4) is 0 Å². The first-order chi connectivity index (χ1) is 8.11. The maximum absolute atomic E-state index is 6.21. The van der Waals surface area contributed by atoms with Crippen molar-refractivity contribution in [2.75, 3.05) is 7.05 Å². The second-order valence-electron chi connectivity index (χ2n) is 3.71. The third-order valence-electron chi connectivity index (χ3n) is 2.56. The molecule has 0 saturated heterocycles. The molecule has 2 rings (SSSR count). The van der Waals surface area contributed by atoms with Gasteiger partial charge in [0, 0.05) is 21.5 Å². The molecule has 2 aromatic rings. The molecule has 2 nitrogen and oxygen atoms in total. The van der Waals surface area contributed by atoms with Crippen molar-refractivity contribution >= 4 is 38.9 Å². The van der Waals surface area contributed by atoms with Crippen molar-refractivity contribution in [1.82, 2.24) is 10.3 Å². The molecule has 1 unspecified atom stereocenters. The molecule has 0 bridgehead atoms. The maximum Gasteiger partial charge on any atom is 0.125 e. The highest BCUT2D eigenvalue weighted by molar-refractivity contribution is 9.10. The van der Waals surface area contributed by atoms with E-state index in [9.17, 15) is 0 Å². The minimum Gasteiger partial charge on any atom is -0.312 e. The van der Waals surface area contributed by atoms with Crippen molar-refractivity contribution < 1.29 is 0 Å². The summed E-state index contributed by atoms with van der Waals surface area (Å²) in [5.74, 6) is 0. The SMILES string of the molecule is CNC(C)c1csc(-c2ccc(Br)cc2Cl)n1. The Labute approximate surface area is 118 Å². The van der Waals surface area contributed by atoms with Gasteiger partial charge in [0.15, 0.2) is 0 Å². The fourth-order valence-electron chi connectivity index (χ4n) is 1.42. The number of halogens is 2. The largest absolute Gasteiger partial charge is 0.312 e. The Hall–Kier alpha value is -0.420. The molecule has 1 aromatic heterocycles. The highest BCUT2D eigenvalue weighted by Gasteiger charge is 2.11. The lowest BCUT2D eigenvalue weighted by molar-refractivity contribution is 0.637. The van der Waals surface area contributed by atoms with Gasteiger partial charge in [-0.1, -0.05) is 27.5 Å². The summed E-state index contributed by atoms with van der Waals surface area (Å²) in [5, 5.41) is 6.92. The van der Waals surface area contributed by atoms with Crippen LogP contribution in [0, 0.1) is 0 Å². The summed E-state index contributed by atoms with van der Waals surface area (Å²) in [5.41, 5.74) is 2.03. The lowest BCUT2D eigenvalue weighted by atomic mass is 10.2. The second-order valence-corrected chi connectivity index (χ2v) is 5.89. The van der Waals surface area contributed by atoms with E-state index in [-0.39, 0.29) is 6.04 Å². The molecular formula is C12H12BrClN2S. The van der Waals surface area contributed by atoms with Crippen molar-refractivity contribution in [1.29, 1.82) is 0 Å². The van der Waals surface area contributed by atoms with Crippen LogP contribution in [-0.2, 0) is 0 Å². The van der Waals surface area contributed by atoms with E-state index >= 15 is 0 Å². The van der Waals surface area contributed by atoms with Crippen LogP contribution in [0.25, 0.3) is 10.6 Å². The van der Waals surface area contributed by atoms with Crippen molar-refractivity contribution in [2.24, 2.45) is 0 Å². The van der Waals surface area contributed by atoms with E-state index in [0.29, 0.717) is 0 Å². The summed E-state index contributed by atoms with van der Waals surface area (Å²) in [6.07, 6.45) is 0. The molecule has 90 valence electrons. The zero-order valence-corrected chi connectivity index (χ0v) is 12.7. The quantitative estimate of drug-likeness (QED) is 0.895. The molecule has 0 saturated carbocycles. The van der Waals surface area contributed by atoms with Crippen LogP contribution in [-0.4, -0.2) is 12.0 Å². The van der Waals surface area contributed by atoms with Gasteiger partial charge in [0.1, 0.15) is 5.01 Å². The van der Waals surface area contributed by atoms with Gasteiger partial charge in [-0.3, -0.25) is 0 Å². The molecule has 1 atom stereocenters. The normalized spacial score (nSPS) is 12.7. The minimum absolute atomic E-state index is 0.259. The summed E-state index contributed by atoms with van der Waals surface area (Å²) in [6, 6.07) is 6.11. The predicted molar refractivity (Wildman–Crippen MR) is 77.7 cm³/mol. The molecular weight excluding hydrogens is 320 g/mol. The smallest absolute Gasteiger partial charge is 0.125 e. The zero-order chi connectivity index (χ0) is 12.4. The molecule has 17 heavy (non-hydrogen) atoms. The van der Waals surface area contributed by atoms with E-state index in [2.05, 4.69) is 38.5 Å². The summed E-state index contributed by atoms with van der Waals surface area (Å²) in [6.45, 7) is 2.09. The van der Waals surface area contributed by atoms with E-state index in [0.717, 1.165) is 25.8 Å². The highest BCUT2D eigenvalue weighted by Crippen LogP contribution is 2.33. The van der Waals surface area contributed by atoms with Gasteiger partial charge in [-0.2, -0.15) is 0 Å². The third-order valence-corrected chi connectivity index (χ3v) is 4.26. The maximum atomic E-state index is 6.21. The van der Waals surface area contributed by atoms with Crippen molar-refractivity contribution in [3.63, 3.8) is 0 Å². The number of benzene rings is 1. The first kappa shape index (κ1) is 13.0. The van der Waals surface area contributed by atoms with Crippen molar-refractivity contribution in [3.8, 4) is 10.6 Å². The standard InChI is InChI=1S/C12H12BrClN2S/c1-7(15-2)11-6-17-12(16-11)9-4-3-8(13)5-10(9)14/h3-7,15H,1-2H3. The number of nitrogens with one attached hydrogen (secondary N) is 1. The Morgan fingerprint density at radius 2 is 2.24 bits per heavy atom. The average Bonchev–Trinajstić information content (AvgIpc) is 2.77. The second kappa shape index (κ2) is 5.48. The van der Waals surface area contributed by atoms with E-state index in [1.165, 1.54) is 0 Å². The topological polar surface area (TPSA) is 24.9 Å². The van der Waals surface area contributed by atoms with Crippen LogP contribution in [0.2, 0.25) is 5.02 Å². The number of thiazole rings is 1. The van der Waals surface area contributed by atoms with Gasteiger partial charge in [-0.15, -0.1) is 11.3 Å². The van der Waals surface area contributed by atoms with Gasteiger partial charge in [0.25, 0.3) is 0 Å². The van der Waals surface area contributed by atoms with Crippen LogP contribution >= 0.6 is 38.9 Å². The van der Waals surface area contributed by atoms with Crippen LogP contribution < -0.4 is 5.32 Å². The van der Waals surface area contributed by atoms with Gasteiger partial charge < -0.3 is 5.32 Å². The summed E-state index contributed by atoms with van der Waals surface area (Å²) < 4.78 is 0.978. The van der Waals surface area contributed by atoms with Gasteiger partial charge in [-0.25, -0.2) is 4.98 Å². The Morgan fingerprint density at radius 1 is 1.47 bits per heavy atom. The molecule has 5 heteroatoms. The Bertz CT molecular complexity index is 527. The van der Waals surface area contributed by atoms with E-state index in [1.54, 1.807) is 11.3 Å². The number of nitrogens with zero attached hydrogens (tertiary/aromatic N) is 1. The van der Waals surface area contributed by atoms with E-state index in [4.69, 9.17) is 11.6 Å². The number of hydrogen-bond acceptors (Lipinski definition) is 3. The molecule has 0 spiro atoms. The highest BCUT2D eigenvalue weighted by atomic mass is 79.9. The lowest BCUT2D eigenvalue weighted by Gasteiger charge is -2.05. The monoisotopic (exact) mass is 330 g/mol. The van der Waals surface area contributed by atoms with Gasteiger partial charge in [0.05, 0.1) is 10.7 Å². The first-order valence-electron chi connectivity index (χ1n) is 5.20. The molecule has 0 aliphatic rings. The lowest BCUT2D eigenvalue weighted by Crippen LogP contribution is -2.12. The molecule has 1 aromatic carbocycles. The van der Waals surface area contributed by atoms with E-state index in [1.807, 2.05) is 25.2 Å². The predicted octanol–water partition coefficient (Wildman–Crippen LogP) is 4.51. The van der Waals surface area contributed by atoms with Crippen LogP contribution in [0.5, 0.6) is 0 Å². The minimum atomic E-state index is 0.259. The number of aromatic nitrogens is 1. The third kappa shape index (κ3) is 2.88. The molecule has 0 aliphatic carbocycles. The summed E-state index contributed by atoms with van der Waals surface area (Å²) >= 11 is 11.2. The Balaban J connectivity index is 2.37. The Morgan fingerprint density at radius 3 is 2.88 bits per heavy atom. The van der Waals surface area contributed by atoms with Crippen LogP contribution in [0.4, 0.5) is 0 Å². The summed E-state index contributed by atoms with van der Waals surface area (Å²) in [4.78, 5) is 4.60. The van der Waals surface area contributed by atoms with Crippen molar-refractivity contribution in [3.05, 3.63) is 38.8 Å². The molecule has 0 fully saturated rings. The summed E-state index contributed by atoms with van der Waals surface area (Å²) in [7, 11) is 1.93. The Kier molecular flexibility index (Phi) is 4.20.